The topological polar surface area (TPSA) is 133 Å². The van der Waals surface area contributed by atoms with E-state index in [1.807, 2.05) is 0 Å². The Morgan fingerprint density at radius 3 is 1.29 bits per heavy atom. The van der Waals surface area contributed by atoms with Crippen molar-refractivity contribution in [3.05, 3.63) is 0 Å². The van der Waals surface area contributed by atoms with E-state index in [4.69, 9.17) is 31.9 Å². The minimum absolute atomic E-state index is 0.0903. The van der Waals surface area contributed by atoms with E-state index in [-0.39, 0.29) is 45.8 Å². The lowest BCUT2D eigenvalue weighted by atomic mass is 9.63. The molecule has 8 N–H and O–H groups in total. The van der Waals surface area contributed by atoms with Crippen molar-refractivity contribution in [2.24, 2.45) is 16.9 Å². The van der Waals surface area contributed by atoms with Crippen LogP contribution < -0.4 is 11.5 Å². The third kappa shape index (κ3) is 3.87. The van der Waals surface area contributed by atoms with Gasteiger partial charge in [-0.25, -0.2) is 0 Å². The maximum Gasteiger partial charge on any atom is 0.0448 e. The molecule has 0 fully saturated rings. The molecule has 0 aliphatic rings. The summed E-state index contributed by atoms with van der Waals surface area (Å²) in [5, 5.41) is 36.5. The van der Waals surface area contributed by atoms with Crippen LogP contribution in [0.25, 0.3) is 0 Å². The van der Waals surface area contributed by atoms with Gasteiger partial charge in [0.2, 0.25) is 0 Å². The summed E-state index contributed by atoms with van der Waals surface area (Å²) in [6.45, 7) is -0.213. The molecule has 0 bridgehead atoms. The van der Waals surface area contributed by atoms with Gasteiger partial charge in [0.05, 0.1) is 0 Å². The van der Waals surface area contributed by atoms with E-state index in [9.17, 15) is 0 Å². The molecule has 0 aliphatic carbocycles. The summed E-state index contributed by atoms with van der Waals surface area (Å²) in [5.74, 6) is 0. The first kappa shape index (κ1) is 16.8. The molecule has 0 aromatic carbocycles. The fourth-order valence-corrected chi connectivity index (χ4v) is 2.51. The van der Waals surface area contributed by atoms with Gasteiger partial charge in [-0.2, -0.15) is 0 Å². The lowest BCUT2D eigenvalue weighted by molar-refractivity contribution is 0.0235. The van der Waals surface area contributed by atoms with Crippen molar-refractivity contribution in [2.75, 3.05) is 33.0 Å². The molecule has 0 unspecified atom stereocenters. The van der Waals surface area contributed by atoms with Crippen molar-refractivity contribution in [3.63, 3.8) is 0 Å². The molecule has 0 heterocycles. The van der Waals surface area contributed by atoms with E-state index in [2.05, 4.69) is 0 Å². The number of hydrogen-bond acceptors (Lipinski definition) is 6. The van der Waals surface area contributed by atoms with E-state index >= 15 is 0 Å². The molecule has 0 aromatic heterocycles. The maximum atomic E-state index is 9.14. The Bertz CT molecular complexity index is 190. The van der Waals surface area contributed by atoms with Crippen molar-refractivity contribution < 1.29 is 20.4 Å². The first-order valence-corrected chi connectivity index (χ1v) is 5.98. The van der Waals surface area contributed by atoms with Gasteiger partial charge in [0.1, 0.15) is 0 Å². The first-order valence-electron chi connectivity index (χ1n) is 5.98. The van der Waals surface area contributed by atoms with Crippen molar-refractivity contribution in [2.45, 2.75) is 31.2 Å². The van der Waals surface area contributed by atoms with Crippen LogP contribution >= 0.6 is 0 Å². The molecule has 0 saturated heterocycles. The van der Waals surface area contributed by atoms with Crippen molar-refractivity contribution >= 4 is 0 Å². The largest absolute Gasteiger partial charge is 0.396 e. The quantitative estimate of drug-likeness (QED) is 0.270. The van der Waals surface area contributed by atoms with Gasteiger partial charge in [-0.1, -0.05) is 0 Å². The van der Waals surface area contributed by atoms with Crippen LogP contribution in [0.4, 0.5) is 0 Å². The molecule has 0 rings (SSSR count). The van der Waals surface area contributed by atoms with Crippen LogP contribution in [0.15, 0.2) is 0 Å². The molecular weight excluding hydrogens is 224 g/mol. The lowest BCUT2D eigenvalue weighted by Gasteiger charge is -2.48. The highest BCUT2D eigenvalue weighted by molar-refractivity contribution is 5.03. The Hall–Kier alpha value is -0.240. The summed E-state index contributed by atoms with van der Waals surface area (Å²) in [7, 11) is 0. The van der Waals surface area contributed by atoms with E-state index in [1.54, 1.807) is 0 Å². The van der Waals surface area contributed by atoms with Crippen LogP contribution in [-0.2, 0) is 0 Å². The molecule has 0 atom stereocenters. The minimum atomic E-state index is -0.878. The molecule has 6 heteroatoms. The van der Waals surface area contributed by atoms with Crippen LogP contribution in [0.2, 0.25) is 0 Å². The molecule has 0 amide bonds. The zero-order valence-electron chi connectivity index (χ0n) is 10.3. The van der Waals surface area contributed by atoms with Gasteiger partial charge in [-0.05, 0) is 32.2 Å². The third-order valence-electron chi connectivity index (χ3n) is 3.74. The van der Waals surface area contributed by atoms with E-state index in [0.29, 0.717) is 12.8 Å². The average Bonchev–Trinajstić information content (AvgIpc) is 2.29. The summed E-state index contributed by atoms with van der Waals surface area (Å²) >= 11 is 0. The number of aliphatic hydroxyl groups is 4. The Balaban J connectivity index is 5.15. The van der Waals surface area contributed by atoms with Gasteiger partial charge in [0.25, 0.3) is 0 Å². The number of nitrogens with two attached hydrogens (primary N) is 2. The van der Waals surface area contributed by atoms with Crippen LogP contribution in [0.5, 0.6) is 0 Å². The average molecular weight is 250 g/mol. The highest BCUT2D eigenvalue weighted by Crippen LogP contribution is 2.40. The maximum absolute atomic E-state index is 9.14. The Morgan fingerprint density at radius 1 is 0.706 bits per heavy atom. The lowest BCUT2D eigenvalue weighted by Crippen LogP contribution is -2.60. The zero-order chi connectivity index (χ0) is 13.4. The standard InChI is InChI=1S/C11H26N2O4/c12-9-10(1-5-14,2-6-15)11(13,3-7-16)4-8-17/h14-17H,1-9,12-13H2. The summed E-state index contributed by atoms with van der Waals surface area (Å²) < 4.78 is 0. The highest BCUT2D eigenvalue weighted by atomic mass is 16.3. The molecule has 0 radical (unpaired) electrons. The smallest absolute Gasteiger partial charge is 0.0448 e. The SMILES string of the molecule is NCC(CCO)(CCO)C(N)(CCO)CCO. The number of rotatable bonds is 10. The fraction of sp³-hybridized carbons (Fsp3) is 1.00. The predicted octanol–water partition coefficient (Wildman–Crippen LogP) is -1.84. The second-order valence-corrected chi connectivity index (χ2v) is 4.54. The Labute approximate surface area is 102 Å². The van der Waals surface area contributed by atoms with E-state index < -0.39 is 11.0 Å². The van der Waals surface area contributed by atoms with Gasteiger partial charge in [-0.15, -0.1) is 0 Å². The molecule has 0 aliphatic heterocycles. The summed E-state index contributed by atoms with van der Waals surface area (Å²) in [4.78, 5) is 0. The molecule has 17 heavy (non-hydrogen) atoms. The van der Waals surface area contributed by atoms with Gasteiger partial charge in [0, 0.05) is 37.4 Å². The summed E-state index contributed by atoms with van der Waals surface area (Å²) in [5.41, 5.74) is 10.5. The Morgan fingerprint density at radius 2 is 1.06 bits per heavy atom. The van der Waals surface area contributed by atoms with Gasteiger partial charge in [-0.3, -0.25) is 0 Å². The van der Waals surface area contributed by atoms with Gasteiger partial charge < -0.3 is 31.9 Å². The second-order valence-electron chi connectivity index (χ2n) is 4.54. The molecule has 0 spiro atoms. The molecule has 0 saturated carbocycles. The fourth-order valence-electron chi connectivity index (χ4n) is 2.51. The number of aliphatic hydroxyl groups excluding tert-OH is 4. The number of hydrogen-bond donors (Lipinski definition) is 6. The van der Waals surface area contributed by atoms with Crippen molar-refractivity contribution in [1.29, 1.82) is 0 Å². The normalized spacial score (nSPS) is 13.1. The van der Waals surface area contributed by atoms with Crippen LogP contribution in [-0.4, -0.2) is 58.9 Å². The summed E-state index contributed by atoms with van der Waals surface area (Å²) in [6, 6.07) is 0. The molecule has 0 aromatic rings. The minimum Gasteiger partial charge on any atom is -0.396 e. The molecular formula is C11H26N2O4. The monoisotopic (exact) mass is 250 g/mol. The van der Waals surface area contributed by atoms with Crippen LogP contribution in [0, 0.1) is 5.41 Å². The van der Waals surface area contributed by atoms with E-state index in [1.165, 1.54) is 0 Å². The Kier molecular flexibility index (Phi) is 7.85. The van der Waals surface area contributed by atoms with E-state index in [0.717, 1.165) is 0 Å². The predicted molar refractivity (Wildman–Crippen MR) is 65.2 cm³/mol. The van der Waals surface area contributed by atoms with Crippen LogP contribution in [0.1, 0.15) is 25.7 Å². The van der Waals surface area contributed by atoms with Crippen LogP contribution in [0.3, 0.4) is 0 Å². The van der Waals surface area contributed by atoms with Crippen molar-refractivity contribution in [3.8, 4) is 0 Å². The third-order valence-corrected chi connectivity index (χ3v) is 3.74. The second kappa shape index (κ2) is 7.97. The molecule has 6 nitrogen and oxygen atoms in total. The summed E-state index contributed by atoms with van der Waals surface area (Å²) in [6.07, 6.45) is 1.26. The molecule has 104 valence electrons. The van der Waals surface area contributed by atoms with Gasteiger partial charge >= 0.3 is 0 Å². The first-order chi connectivity index (χ1) is 8.05. The van der Waals surface area contributed by atoms with Crippen molar-refractivity contribution in [1.82, 2.24) is 0 Å². The zero-order valence-corrected chi connectivity index (χ0v) is 10.3. The highest BCUT2D eigenvalue weighted by Gasteiger charge is 2.46. The van der Waals surface area contributed by atoms with Gasteiger partial charge in [0.15, 0.2) is 0 Å².